The molecular weight excluding hydrogens is 418 g/mol. The molecular formula is C23H22ClN3O4. The van der Waals surface area contributed by atoms with E-state index in [0.29, 0.717) is 43.5 Å². The van der Waals surface area contributed by atoms with E-state index in [4.69, 9.17) is 25.6 Å². The molecule has 1 fully saturated rings. The summed E-state index contributed by atoms with van der Waals surface area (Å²) in [6.07, 6.45) is 0.214. The lowest BCUT2D eigenvalue weighted by molar-refractivity contribution is -0.130. The Hall–Kier alpha value is -3.19. The van der Waals surface area contributed by atoms with Crippen LogP contribution >= 0.6 is 11.6 Å². The third-order valence-corrected chi connectivity index (χ3v) is 5.76. The smallest absolute Gasteiger partial charge is 0.228 e. The zero-order chi connectivity index (χ0) is 21.2. The second-order valence-electron chi connectivity index (χ2n) is 7.57. The number of nitrogens with zero attached hydrogens (tertiary/aromatic N) is 3. The van der Waals surface area contributed by atoms with E-state index in [1.165, 1.54) is 0 Å². The Bertz CT molecular complexity index is 1090. The molecule has 1 amide bonds. The molecule has 7 nitrogen and oxygen atoms in total. The van der Waals surface area contributed by atoms with Crippen LogP contribution in [0.2, 0.25) is 5.02 Å². The number of aromatic nitrogens is 1. The van der Waals surface area contributed by atoms with E-state index in [9.17, 15) is 4.79 Å². The Morgan fingerprint density at radius 3 is 2.58 bits per heavy atom. The molecule has 3 heterocycles. The lowest BCUT2D eigenvalue weighted by Crippen LogP contribution is -2.49. The monoisotopic (exact) mass is 439 g/mol. The van der Waals surface area contributed by atoms with E-state index in [1.807, 2.05) is 53.4 Å². The predicted octanol–water partition coefficient (Wildman–Crippen LogP) is 3.66. The molecule has 160 valence electrons. The Balaban J connectivity index is 1.20. The van der Waals surface area contributed by atoms with Crippen LogP contribution in [0, 0.1) is 0 Å². The molecule has 1 aromatic heterocycles. The fourth-order valence-electron chi connectivity index (χ4n) is 3.88. The normalized spacial score (nSPS) is 15.8. The molecule has 2 aromatic carbocycles. The van der Waals surface area contributed by atoms with Crippen molar-refractivity contribution in [2.24, 2.45) is 0 Å². The Morgan fingerprint density at radius 2 is 1.77 bits per heavy atom. The van der Waals surface area contributed by atoms with Gasteiger partial charge in [-0.2, -0.15) is 0 Å². The lowest BCUT2D eigenvalue weighted by atomic mass is 10.1. The van der Waals surface area contributed by atoms with E-state index < -0.39 is 0 Å². The second-order valence-corrected chi connectivity index (χ2v) is 8.00. The number of hydrogen-bond donors (Lipinski definition) is 0. The minimum atomic E-state index is 0.0489. The van der Waals surface area contributed by atoms with Gasteiger partial charge in [0.2, 0.25) is 5.91 Å². The third-order valence-electron chi connectivity index (χ3n) is 5.52. The zero-order valence-corrected chi connectivity index (χ0v) is 17.7. The number of ether oxygens (including phenoxy) is 2. The molecule has 3 aromatic rings. The Labute approximate surface area is 185 Å². The topological polar surface area (TPSA) is 68.0 Å². The molecule has 0 atom stereocenters. The van der Waals surface area contributed by atoms with E-state index in [-0.39, 0.29) is 12.3 Å². The maximum Gasteiger partial charge on any atom is 0.228 e. The Morgan fingerprint density at radius 1 is 0.968 bits per heavy atom. The quantitative estimate of drug-likeness (QED) is 0.618. The fraction of sp³-hybridized carbons (Fsp3) is 0.304. The van der Waals surface area contributed by atoms with Crippen LogP contribution in [0.25, 0.3) is 11.3 Å². The maximum atomic E-state index is 12.8. The number of piperazine rings is 1. The molecule has 0 spiro atoms. The van der Waals surface area contributed by atoms with Crippen molar-refractivity contribution in [3.8, 4) is 22.8 Å². The molecule has 0 aliphatic carbocycles. The van der Waals surface area contributed by atoms with Gasteiger partial charge in [-0.05, 0) is 36.4 Å². The third kappa shape index (κ3) is 4.32. The van der Waals surface area contributed by atoms with Crippen molar-refractivity contribution in [1.82, 2.24) is 10.1 Å². The first-order valence-corrected chi connectivity index (χ1v) is 10.7. The molecule has 2 aliphatic rings. The largest absolute Gasteiger partial charge is 0.486 e. The van der Waals surface area contributed by atoms with Gasteiger partial charge in [0.05, 0.1) is 12.1 Å². The summed E-state index contributed by atoms with van der Waals surface area (Å²) in [6.45, 7) is 3.95. The summed E-state index contributed by atoms with van der Waals surface area (Å²) in [6, 6.07) is 15.2. The summed E-state index contributed by atoms with van der Waals surface area (Å²) >= 11 is 6.09. The molecule has 8 heteroatoms. The highest BCUT2D eigenvalue weighted by Gasteiger charge is 2.23. The molecule has 0 radical (unpaired) electrons. The van der Waals surface area contributed by atoms with Crippen LogP contribution in [-0.4, -0.2) is 55.4 Å². The number of benzene rings is 2. The standard InChI is InChI=1S/C23H22ClN3O4/c24-17-2-1-3-19(13-17)26-6-8-27(9-7-26)23(28)15-18-14-21(31-25-18)16-4-5-20-22(12-16)30-11-10-29-20/h1-5,12-14H,6-11,15H2. The van der Waals surface area contributed by atoms with Crippen LogP contribution in [0.1, 0.15) is 5.69 Å². The number of carbonyl (C=O) groups excluding carboxylic acids is 1. The highest BCUT2D eigenvalue weighted by Crippen LogP contribution is 2.34. The van der Waals surface area contributed by atoms with Crippen molar-refractivity contribution in [1.29, 1.82) is 0 Å². The van der Waals surface area contributed by atoms with Gasteiger partial charge < -0.3 is 23.8 Å². The summed E-state index contributed by atoms with van der Waals surface area (Å²) in [5.74, 6) is 2.07. The van der Waals surface area contributed by atoms with E-state index in [0.717, 1.165) is 35.1 Å². The van der Waals surface area contributed by atoms with Crippen LogP contribution in [0.3, 0.4) is 0 Å². The van der Waals surface area contributed by atoms with Gasteiger partial charge in [0, 0.05) is 48.5 Å². The highest BCUT2D eigenvalue weighted by atomic mass is 35.5. The van der Waals surface area contributed by atoms with Gasteiger partial charge in [-0.3, -0.25) is 4.79 Å². The van der Waals surface area contributed by atoms with Gasteiger partial charge >= 0.3 is 0 Å². The average Bonchev–Trinajstić information content (AvgIpc) is 3.27. The molecule has 0 saturated carbocycles. The van der Waals surface area contributed by atoms with E-state index in [2.05, 4.69) is 10.1 Å². The molecule has 5 rings (SSSR count). The van der Waals surface area contributed by atoms with Crippen LogP contribution in [0.4, 0.5) is 5.69 Å². The number of halogens is 1. The SMILES string of the molecule is O=C(Cc1cc(-c2ccc3c(c2)OCCO3)on1)N1CCN(c2cccc(Cl)c2)CC1. The minimum Gasteiger partial charge on any atom is -0.486 e. The molecule has 31 heavy (non-hydrogen) atoms. The molecule has 1 saturated heterocycles. The minimum absolute atomic E-state index is 0.0489. The summed E-state index contributed by atoms with van der Waals surface area (Å²) in [5, 5.41) is 4.81. The van der Waals surface area contributed by atoms with Gasteiger partial charge in [-0.15, -0.1) is 0 Å². The fourth-order valence-corrected chi connectivity index (χ4v) is 4.07. The van der Waals surface area contributed by atoms with Crippen molar-refractivity contribution in [2.45, 2.75) is 6.42 Å². The summed E-state index contributed by atoms with van der Waals surface area (Å²) in [7, 11) is 0. The number of fused-ring (bicyclic) bond motifs is 1. The number of hydrogen-bond acceptors (Lipinski definition) is 6. The van der Waals surface area contributed by atoms with Crippen LogP contribution < -0.4 is 14.4 Å². The molecule has 0 N–H and O–H groups in total. The van der Waals surface area contributed by atoms with Gasteiger partial charge in [0.25, 0.3) is 0 Å². The number of carbonyl (C=O) groups is 1. The first-order chi connectivity index (χ1) is 15.2. The number of rotatable bonds is 4. The van der Waals surface area contributed by atoms with Crippen LogP contribution in [0.15, 0.2) is 53.1 Å². The van der Waals surface area contributed by atoms with E-state index >= 15 is 0 Å². The average molecular weight is 440 g/mol. The van der Waals surface area contributed by atoms with Crippen molar-refractivity contribution in [2.75, 3.05) is 44.3 Å². The maximum absolute atomic E-state index is 12.8. The highest BCUT2D eigenvalue weighted by molar-refractivity contribution is 6.30. The molecule has 0 bridgehead atoms. The molecule has 0 unspecified atom stereocenters. The Kier molecular flexibility index (Phi) is 5.42. The second kappa shape index (κ2) is 8.51. The van der Waals surface area contributed by atoms with Crippen LogP contribution in [0.5, 0.6) is 11.5 Å². The first-order valence-electron chi connectivity index (χ1n) is 10.3. The van der Waals surface area contributed by atoms with Crippen molar-refractivity contribution in [3.05, 3.63) is 59.2 Å². The van der Waals surface area contributed by atoms with Gasteiger partial charge in [-0.1, -0.05) is 22.8 Å². The van der Waals surface area contributed by atoms with E-state index in [1.54, 1.807) is 0 Å². The molecule has 2 aliphatic heterocycles. The first kappa shape index (κ1) is 19.8. The number of anilines is 1. The van der Waals surface area contributed by atoms with Crippen LogP contribution in [-0.2, 0) is 11.2 Å². The van der Waals surface area contributed by atoms with Crippen molar-refractivity contribution < 1.29 is 18.8 Å². The summed E-state index contributed by atoms with van der Waals surface area (Å²) < 4.78 is 16.7. The zero-order valence-electron chi connectivity index (χ0n) is 16.9. The lowest BCUT2D eigenvalue weighted by Gasteiger charge is -2.36. The summed E-state index contributed by atoms with van der Waals surface area (Å²) in [5.41, 5.74) is 2.54. The summed E-state index contributed by atoms with van der Waals surface area (Å²) in [4.78, 5) is 16.9. The number of amides is 1. The van der Waals surface area contributed by atoms with Crippen molar-refractivity contribution in [3.63, 3.8) is 0 Å². The van der Waals surface area contributed by atoms with Gasteiger partial charge in [0.1, 0.15) is 13.2 Å². The predicted molar refractivity (Wildman–Crippen MR) is 117 cm³/mol. The van der Waals surface area contributed by atoms with Gasteiger partial charge in [0.15, 0.2) is 17.3 Å². The van der Waals surface area contributed by atoms with Gasteiger partial charge in [-0.25, -0.2) is 0 Å². The van der Waals surface area contributed by atoms with Crippen molar-refractivity contribution >= 4 is 23.2 Å².